The van der Waals surface area contributed by atoms with E-state index in [1.54, 1.807) is 30.3 Å². The molecule has 0 unspecified atom stereocenters. The number of aliphatic hydroxyl groups excluding tert-OH is 1. The summed E-state index contributed by atoms with van der Waals surface area (Å²) >= 11 is 0. The van der Waals surface area contributed by atoms with E-state index in [0.29, 0.717) is 5.56 Å². The summed E-state index contributed by atoms with van der Waals surface area (Å²) < 4.78 is 148. The number of rotatable bonds is 11. The zero-order valence-corrected chi connectivity index (χ0v) is 21.9. The topological polar surface area (TPSA) is 128 Å². The van der Waals surface area contributed by atoms with Crippen molar-refractivity contribution >= 4 is 27.1 Å². The SMILES string of the molecule is [2H]C([2H])([2H])C([2H])(C([2H])([2H])[2H])C([2H])([2H])N(C[C@@H](O)[C@H](Cc1ccccc1)NC(=O)O[C@]1([2H])[C@@H]2CCO[C@@H]2OC1([2H])[2H])S(=O)(=O)c1ccc2occc2c1. The number of hydrogen-bond donors (Lipinski definition) is 2. The zero-order valence-electron chi connectivity index (χ0n) is 33.1. The molecular formula is C29H36N2O8S. The average Bonchev–Trinajstić information content (AvgIpc) is 3.74. The molecule has 11 heteroatoms. The van der Waals surface area contributed by atoms with Crippen LogP contribution in [0.5, 0.6) is 0 Å². The zero-order chi connectivity index (χ0) is 38.7. The number of nitrogens with one attached hydrogen (secondary N) is 1. The highest BCUT2D eigenvalue weighted by molar-refractivity contribution is 7.89. The van der Waals surface area contributed by atoms with Crippen LogP contribution in [0.4, 0.5) is 4.79 Å². The molecule has 3 heterocycles. The summed E-state index contributed by atoms with van der Waals surface area (Å²) in [6, 6.07) is 11.0. The van der Waals surface area contributed by atoms with Crippen LogP contribution in [0.1, 0.15) is 42.1 Å². The number of nitrogens with zero attached hydrogens (tertiary/aromatic N) is 1. The number of carbonyl (C=O) groups excluding carboxylic acids is 1. The van der Waals surface area contributed by atoms with Crippen LogP contribution < -0.4 is 5.32 Å². The van der Waals surface area contributed by atoms with Crippen LogP contribution in [0.3, 0.4) is 0 Å². The highest BCUT2D eigenvalue weighted by atomic mass is 32.2. The molecule has 5 atom stereocenters. The molecule has 10 nitrogen and oxygen atoms in total. The molecule has 216 valence electrons. The van der Waals surface area contributed by atoms with Crippen LogP contribution in [-0.4, -0.2) is 74.6 Å². The highest BCUT2D eigenvalue weighted by Crippen LogP contribution is 2.33. The first kappa shape index (κ1) is 17.1. The maximum Gasteiger partial charge on any atom is 0.407 e. The maximum atomic E-state index is 14.3. The molecule has 2 saturated heterocycles. The number of sulfonamides is 1. The highest BCUT2D eigenvalue weighted by Gasteiger charge is 2.44. The second-order valence-electron chi connectivity index (χ2n) is 9.26. The molecular weight excluding hydrogens is 536 g/mol. The van der Waals surface area contributed by atoms with Gasteiger partial charge in [-0.3, -0.25) is 0 Å². The molecule has 0 radical (unpaired) electrons. The number of hydrogen-bond acceptors (Lipinski definition) is 8. The van der Waals surface area contributed by atoms with E-state index in [2.05, 4.69) is 5.32 Å². The third kappa shape index (κ3) is 6.50. The van der Waals surface area contributed by atoms with Crippen LogP contribution in [0, 0.1) is 11.8 Å². The minimum absolute atomic E-state index is 0.0934. The number of fused-ring (bicyclic) bond motifs is 2. The minimum Gasteiger partial charge on any atom is -0.464 e. The lowest BCUT2D eigenvalue weighted by Gasteiger charge is -2.31. The Morgan fingerprint density at radius 1 is 1.30 bits per heavy atom. The van der Waals surface area contributed by atoms with Crippen LogP contribution >= 0.6 is 0 Å². The molecule has 1 aromatic heterocycles. The molecule has 0 spiro atoms. The number of ether oxygens (including phenoxy) is 3. The lowest BCUT2D eigenvalue weighted by Crippen LogP contribution is -2.51. The van der Waals surface area contributed by atoms with Gasteiger partial charge in [0, 0.05) is 30.8 Å². The second kappa shape index (κ2) is 12.3. The van der Waals surface area contributed by atoms with Crippen molar-refractivity contribution in [1.29, 1.82) is 0 Å². The van der Waals surface area contributed by atoms with Crippen molar-refractivity contribution in [2.24, 2.45) is 11.8 Å². The number of carbonyl (C=O) groups is 1. The Hall–Kier alpha value is -2.96. The summed E-state index contributed by atoms with van der Waals surface area (Å²) in [5.41, 5.74) is 0.651. The van der Waals surface area contributed by atoms with Crippen LogP contribution in [-0.2, 0) is 30.7 Å². The van der Waals surface area contributed by atoms with Crippen molar-refractivity contribution in [3.63, 3.8) is 0 Å². The first-order chi connectivity index (χ1) is 23.9. The van der Waals surface area contributed by atoms with Gasteiger partial charge in [0.25, 0.3) is 0 Å². The Balaban J connectivity index is 1.56. The molecule has 0 aliphatic carbocycles. The van der Waals surface area contributed by atoms with Gasteiger partial charge >= 0.3 is 6.09 Å². The largest absolute Gasteiger partial charge is 0.464 e. The van der Waals surface area contributed by atoms with Crippen molar-refractivity contribution in [2.45, 2.75) is 56.0 Å². The molecule has 1 amide bonds. The Labute approximate surface area is 251 Å². The Morgan fingerprint density at radius 2 is 2.12 bits per heavy atom. The molecule has 2 aromatic carbocycles. The molecule has 0 saturated carbocycles. The monoisotopic (exact) mass is 584 g/mol. The van der Waals surface area contributed by atoms with Gasteiger partial charge in [-0.2, -0.15) is 4.31 Å². The number of alkyl carbamates (subject to hydrolysis) is 1. The van der Waals surface area contributed by atoms with Crippen molar-refractivity contribution in [2.75, 3.05) is 26.2 Å². The Morgan fingerprint density at radius 3 is 2.92 bits per heavy atom. The van der Waals surface area contributed by atoms with Gasteiger partial charge in [-0.25, -0.2) is 13.2 Å². The van der Waals surface area contributed by atoms with Crippen LogP contribution in [0.15, 0.2) is 70.2 Å². The summed E-state index contributed by atoms with van der Waals surface area (Å²) in [7, 11) is -5.33. The molecule has 40 heavy (non-hydrogen) atoms. The minimum atomic E-state index is -5.33. The first-order valence-corrected chi connectivity index (χ1v) is 13.8. The van der Waals surface area contributed by atoms with Crippen molar-refractivity contribution in [3.8, 4) is 0 Å². The predicted octanol–water partition coefficient (Wildman–Crippen LogP) is 3.54. The van der Waals surface area contributed by atoms with E-state index in [1.807, 2.05) is 0 Å². The van der Waals surface area contributed by atoms with Gasteiger partial charge in [-0.05, 0) is 48.6 Å². The average molecular weight is 585 g/mol. The van der Waals surface area contributed by atoms with Crippen LogP contribution in [0.25, 0.3) is 11.0 Å². The number of aliphatic hydroxyl groups is 1. The van der Waals surface area contributed by atoms with Crippen molar-refractivity contribution in [1.82, 2.24) is 9.62 Å². The summed E-state index contributed by atoms with van der Waals surface area (Å²) in [6.45, 7) is -16.2. The van der Waals surface area contributed by atoms with Crippen LogP contribution in [0.2, 0.25) is 0 Å². The third-order valence-corrected chi connectivity index (χ3v) is 8.19. The van der Waals surface area contributed by atoms with E-state index in [-0.39, 0.29) is 34.7 Å². The third-order valence-electron chi connectivity index (χ3n) is 6.52. The van der Waals surface area contributed by atoms with E-state index in [1.165, 1.54) is 18.4 Å². The molecule has 5 rings (SSSR count). The summed E-state index contributed by atoms with van der Waals surface area (Å²) in [4.78, 5) is 12.7. The summed E-state index contributed by atoms with van der Waals surface area (Å²) in [6.07, 6.45) is -6.44. The van der Waals surface area contributed by atoms with E-state index in [4.69, 9.17) is 35.1 Å². The van der Waals surface area contributed by atoms with Gasteiger partial charge in [-0.1, -0.05) is 44.0 Å². The molecule has 2 aliphatic heterocycles. The fourth-order valence-electron chi connectivity index (χ4n) is 4.51. The van der Waals surface area contributed by atoms with Gasteiger partial charge in [0.05, 0.1) is 46.5 Å². The van der Waals surface area contributed by atoms with E-state index in [9.17, 15) is 18.3 Å². The maximum absolute atomic E-state index is 14.3. The normalized spacial score (nSPS) is 31.2. The number of amides is 1. The van der Waals surface area contributed by atoms with E-state index in [0.717, 1.165) is 12.1 Å². The predicted molar refractivity (Wildman–Crippen MR) is 147 cm³/mol. The van der Waals surface area contributed by atoms with Gasteiger partial charge in [0.15, 0.2) is 6.29 Å². The van der Waals surface area contributed by atoms with Gasteiger partial charge in [-0.15, -0.1) is 0 Å². The molecule has 2 N–H and O–H groups in total. The summed E-state index contributed by atoms with van der Waals surface area (Å²) in [5.74, 6) is -5.18. The lowest BCUT2D eigenvalue weighted by atomic mass is 10.0. The molecule has 2 aliphatic rings. The quantitative estimate of drug-likeness (QED) is 0.350. The first-order valence-electron chi connectivity index (χ1n) is 18.4. The van der Waals surface area contributed by atoms with Crippen molar-refractivity contribution < 1.29 is 53.4 Å². The van der Waals surface area contributed by atoms with Crippen molar-refractivity contribution in [3.05, 3.63) is 66.4 Å². The molecule has 0 bridgehead atoms. The Bertz CT molecular complexity index is 1860. The van der Waals surface area contributed by atoms with E-state index >= 15 is 0 Å². The molecule has 2 fully saturated rings. The fraction of sp³-hybridized carbons (Fsp3) is 0.483. The van der Waals surface area contributed by atoms with Gasteiger partial charge in [0.2, 0.25) is 10.0 Å². The number of benzene rings is 2. The smallest absolute Gasteiger partial charge is 0.407 e. The second-order valence-corrected chi connectivity index (χ2v) is 11.1. The summed E-state index contributed by atoms with van der Waals surface area (Å²) in [5, 5.41) is 14.2. The number of furan rings is 1. The van der Waals surface area contributed by atoms with E-state index < -0.39 is 90.6 Å². The van der Waals surface area contributed by atoms with Gasteiger partial charge < -0.3 is 29.1 Å². The van der Waals surface area contributed by atoms with Gasteiger partial charge in [0.1, 0.15) is 11.7 Å². The lowest BCUT2D eigenvalue weighted by molar-refractivity contribution is -0.0907. The Kier molecular flexibility index (Phi) is 5.25. The fourth-order valence-corrected chi connectivity index (χ4v) is 5.84. The standard InChI is InChI=1S/C29H36N2O8S/c1-19(2)16-31(40(34,35)22-8-9-26-21(15-22)10-12-36-26)17-25(32)24(14-20-6-4-3-5-7-20)30-29(33)39-27-18-38-28-23(27)11-13-37-28/h3-10,12,15,19,23-25,27-28,32H,11,13-14,16-18H2,1-2H3,(H,30,33)/t23-,24-,25+,27-,28+/m0/s1/i1D3,2D3,16D2,18D2,19D,27D. The molecule has 3 aromatic rings.